The van der Waals surface area contributed by atoms with Crippen LogP contribution in [0, 0.1) is 0 Å². The average molecular weight is 513 g/mol. The first-order valence-corrected chi connectivity index (χ1v) is 15.8. The van der Waals surface area contributed by atoms with Crippen LogP contribution in [0.4, 0.5) is 5.69 Å². The number of carbonyl (C=O) groups excluding carboxylic acids is 1. The molecule has 0 aliphatic carbocycles. The molecule has 5 nitrogen and oxygen atoms in total. The standard InChI is InChI=1S/C28H37ClN2O3Si/c1-28(2,3)35(4,5)34-24-20-33-31(23-12-8-6-9-13-23)26(21-14-16-22(29)17-15-21)25(24)27(32)30-18-10-7-11-19-30/h6,8-9,12-17,26H,7,10-11,18-20H2,1-5H3/t26-/m0/s1. The Bertz CT molecular complexity index is 1060. The van der Waals surface area contributed by atoms with Crippen LogP contribution < -0.4 is 5.06 Å². The second kappa shape index (κ2) is 10.4. The van der Waals surface area contributed by atoms with Gasteiger partial charge in [-0.15, -0.1) is 0 Å². The van der Waals surface area contributed by atoms with E-state index in [1.165, 1.54) is 0 Å². The zero-order valence-electron chi connectivity index (χ0n) is 21.5. The Balaban J connectivity index is 1.88. The molecular weight excluding hydrogens is 476 g/mol. The number of benzene rings is 2. The molecule has 2 aliphatic heterocycles. The molecule has 2 aromatic carbocycles. The first-order chi connectivity index (χ1) is 16.6. The van der Waals surface area contributed by atoms with Gasteiger partial charge in [0.15, 0.2) is 0 Å². The molecular formula is C28H37ClN2O3Si. The van der Waals surface area contributed by atoms with Crippen LogP contribution in [0.5, 0.6) is 0 Å². The van der Waals surface area contributed by atoms with Crippen molar-refractivity contribution in [2.45, 2.75) is 64.2 Å². The lowest BCUT2D eigenvalue weighted by atomic mass is 9.94. The highest BCUT2D eigenvalue weighted by atomic mass is 35.5. The highest BCUT2D eigenvalue weighted by molar-refractivity contribution is 6.74. The first-order valence-electron chi connectivity index (χ1n) is 12.5. The van der Waals surface area contributed by atoms with Crippen LogP contribution in [0.2, 0.25) is 23.2 Å². The van der Waals surface area contributed by atoms with E-state index in [0.717, 1.165) is 43.6 Å². The van der Waals surface area contributed by atoms with Crippen LogP contribution in [0.25, 0.3) is 0 Å². The minimum absolute atomic E-state index is 0.00832. The lowest BCUT2D eigenvalue weighted by molar-refractivity contribution is -0.129. The summed E-state index contributed by atoms with van der Waals surface area (Å²) in [6.07, 6.45) is 3.22. The third kappa shape index (κ3) is 5.60. The zero-order chi connectivity index (χ0) is 25.2. The minimum Gasteiger partial charge on any atom is -0.544 e. The summed E-state index contributed by atoms with van der Waals surface area (Å²) in [6, 6.07) is 17.2. The molecule has 4 rings (SSSR count). The van der Waals surface area contributed by atoms with Gasteiger partial charge in [0.2, 0.25) is 8.32 Å². The number of para-hydroxylation sites is 1. The van der Waals surface area contributed by atoms with Gasteiger partial charge in [-0.2, -0.15) is 0 Å². The normalized spacial score (nSPS) is 19.7. The number of hydrogen-bond acceptors (Lipinski definition) is 4. The van der Waals surface area contributed by atoms with Gasteiger partial charge in [0.25, 0.3) is 5.91 Å². The molecule has 2 heterocycles. The lowest BCUT2D eigenvalue weighted by Gasteiger charge is -2.44. The number of nitrogens with zero attached hydrogens (tertiary/aromatic N) is 2. The van der Waals surface area contributed by atoms with Crippen molar-refractivity contribution < 1.29 is 14.1 Å². The predicted octanol–water partition coefficient (Wildman–Crippen LogP) is 7.12. The molecule has 0 radical (unpaired) electrons. The van der Waals surface area contributed by atoms with E-state index < -0.39 is 14.4 Å². The Hall–Kier alpha value is -2.28. The smallest absolute Gasteiger partial charge is 0.255 e. The van der Waals surface area contributed by atoms with Crippen molar-refractivity contribution in [1.29, 1.82) is 0 Å². The number of piperidine rings is 1. The van der Waals surface area contributed by atoms with Crippen molar-refractivity contribution in [3.63, 3.8) is 0 Å². The Morgan fingerprint density at radius 2 is 1.63 bits per heavy atom. The second-order valence-electron chi connectivity index (χ2n) is 10.9. The van der Waals surface area contributed by atoms with Crippen molar-refractivity contribution in [2.75, 3.05) is 24.8 Å². The predicted molar refractivity (Wildman–Crippen MR) is 145 cm³/mol. The molecule has 1 saturated heterocycles. The van der Waals surface area contributed by atoms with E-state index in [-0.39, 0.29) is 17.6 Å². The number of hydroxylamine groups is 1. The van der Waals surface area contributed by atoms with E-state index in [0.29, 0.717) is 16.4 Å². The quantitative estimate of drug-likeness (QED) is 0.400. The summed E-state index contributed by atoms with van der Waals surface area (Å²) < 4.78 is 6.82. The van der Waals surface area contributed by atoms with E-state index in [1.54, 1.807) is 0 Å². The summed E-state index contributed by atoms with van der Waals surface area (Å²) in [5.41, 5.74) is 2.51. The van der Waals surface area contributed by atoms with Gasteiger partial charge in [0.1, 0.15) is 18.4 Å². The van der Waals surface area contributed by atoms with Gasteiger partial charge in [-0.1, -0.05) is 62.7 Å². The maximum Gasteiger partial charge on any atom is 0.255 e. The van der Waals surface area contributed by atoms with E-state index in [1.807, 2.05) is 64.6 Å². The van der Waals surface area contributed by atoms with Gasteiger partial charge < -0.3 is 9.33 Å². The molecule has 1 atom stereocenters. The number of anilines is 1. The van der Waals surface area contributed by atoms with Crippen LogP contribution in [0.3, 0.4) is 0 Å². The lowest BCUT2D eigenvalue weighted by Crippen LogP contribution is -2.47. The van der Waals surface area contributed by atoms with Gasteiger partial charge in [0.05, 0.1) is 11.3 Å². The number of amides is 1. The SMILES string of the molecule is CC(C)(C)[Si](C)(C)OC1=C(C(=O)N2CCCCC2)[C@H](c2ccc(Cl)cc2)N(c2ccccc2)OC1. The number of likely N-dealkylation sites (tertiary alicyclic amines) is 1. The van der Waals surface area contributed by atoms with E-state index in [2.05, 4.69) is 33.9 Å². The molecule has 188 valence electrons. The fourth-order valence-electron chi connectivity index (χ4n) is 4.34. The molecule has 2 aliphatic rings. The minimum atomic E-state index is -2.22. The summed E-state index contributed by atoms with van der Waals surface area (Å²) in [6.45, 7) is 12.8. The molecule has 0 N–H and O–H groups in total. The Morgan fingerprint density at radius 3 is 2.23 bits per heavy atom. The highest BCUT2D eigenvalue weighted by Crippen LogP contribution is 2.44. The topological polar surface area (TPSA) is 42.0 Å². The van der Waals surface area contributed by atoms with Crippen molar-refractivity contribution >= 4 is 31.5 Å². The molecule has 7 heteroatoms. The highest BCUT2D eigenvalue weighted by Gasteiger charge is 2.44. The molecule has 1 amide bonds. The van der Waals surface area contributed by atoms with Crippen LogP contribution in [-0.2, 0) is 14.1 Å². The van der Waals surface area contributed by atoms with Crippen molar-refractivity contribution in [3.8, 4) is 0 Å². The van der Waals surface area contributed by atoms with E-state index in [9.17, 15) is 4.79 Å². The molecule has 0 saturated carbocycles. The summed E-state index contributed by atoms with van der Waals surface area (Å²) in [4.78, 5) is 22.6. The van der Waals surface area contributed by atoms with Crippen LogP contribution in [0.15, 0.2) is 65.9 Å². The van der Waals surface area contributed by atoms with Gasteiger partial charge >= 0.3 is 0 Å². The third-order valence-corrected chi connectivity index (χ3v) is 12.0. The molecule has 1 fully saturated rings. The maximum atomic E-state index is 14.2. The number of halogens is 1. The average Bonchev–Trinajstić information content (AvgIpc) is 2.84. The van der Waals surface area contributed by atoms with Crippen molar-refractivity contribution in [2.24, 2.45) is 0 Å². The van der Waals surface area contributed by atoms with Crippen molar-refractivity contribution in [3.05, 3.63) is 76.5 Å². The summed E-state index contributed by atoms with van der Waals surface area (Å²) >= 11 is 6.24. The zero-order valence-corrected chi connectivity index (χ0v) is 23.3. The van der Waals surface area contributed by atoms with Crippen LogP contribution in [-0.4, -0.2) is 38.8 Å². The van der Waals surface area contributed by atoms with Crippen LogP contribution >= 0.6 is 11.6 Å². The van der Waals surface area contributed by atoms with Crippen molar-refractivity contribution in [1.82, 2.24) is 4.90 Å². The third-order valence-electron chi connectivity index (χ3n) is 7.40. The van der Waals surface area contributed by atoms with Gasteiger partial charge in [-0.25, -0.2) is 5.06 Å². The number of hydrogen-bond donors (Lipinski definition) is 0. The number of carbonyl (C=O) groups is 1. The summed E-state index contributed by atoms with van der Waals surface area (Å²) in [5.74, 6) is 0.710. The first kappa shape index (κ1) is 25.8. The van der Waals surface area contributed by atoms with Gasteiger partial charge in [-0.3, -0.25) is 9.63 Å². The van der Waals surface area contributed by atoms with E-state index >= 15 is 0 Å². The maximum absolute atomic E-state index is 14.2. The molecule has 0 unspecified atom stereocenters. The number of rotatable bonds is 5. The largest absolute Gasteiger partial charge is 0.544 e. The Kier molecular flexibility index (Phi) is 7.64. The van der Waals surface area contributed by atoms with Gasteiger partial charge in [0, 0.05) is 18.1 Å². The van der Waals surface area contributed by atoms with Gasteiger partial charge in [-0.05, 0) is 67.2 Å². The molecule has 0 spiro atoms. The van der Waals surface area contributed by atoms with E-state index in [4.69, 9.17) is 20.9 Å². The fraction of sp³-hybridized carbons (Fsp3) is 0.464. The summed E-state index contributed by atoms with van der Waals surface area (Å²) in [7, 11) is -2.22. The molecule has 35 heavy (non-hydrogen) atoms. The molecule has 2 aromatic rings. The molecule has 0 bridgehead atoms. The molecule has 0 aromatic heterocycles. The second-order valence-corrected chi connectivity index (χ2v) is 16.1. The van der Waals surface area contributed by atoms with Crippen LogP contribution in [0.1, 0.15) is 51.6 Å². The fourth-order valence-corrected chi connectivity index (χ4v) is 5.56. The monoisotopic (exact) mass is 512 g/mol. The Labute approximate surface area is 215 Å². The summed E-state index contributed by atoms with van der Waals surface area (Å²) in [5, 5.41) is 2.51. The Morgan fingerprint density at radius 1 is 1.00 bits per heavy atom.